The Kier molecular flexibility index (Phi) is 5.27. The number of hydrogen-bond acceptors (Lipinski definition) is 5. The van der Waals surface area contributed by atoms with Crippen LogP contribution in [0.4, 0.5) is 11.4 Å². The van der Waals surface area contributed by atoms with Gasteiger partial charge in [0.05, 0.1) is 37.4 Å². The molecule has 1 saturated heterocycles. The van der Waals surface area contributed by atoms with Crippen molar-refractivity contribution in [2.75, 3.05) is 24.4 Å². The van der Waals surface area contributed by atoms with Gasteiger partial charge in [-0.1, -0.05) is 18.2 Å². The van der Waals surface area contributed by atoms with E-state index in [1.54, 1.807) is 42.5 Å². The van der Waals surface area contributed by atoms with Crippen molar-refractivity contribution in [2.24, 2.45) is 11.8 Å². The van der Waals surface area contributed by atoms with E-state index >= 15 is 0 Å². The lowest BCUT2D eigenvalue weighted by molar-refractivity contribution is -0.122. The number of amides is 3. The van der Waals surface area contributed by atoms with Gasteiger partial charge in [0.15, 0.2) is 0 Å². The molecule has 3 amide bonds. The van der Waals surface area contributed by atoms with Gasteiger partial charge in [-0.25, -0.2) is 0 Å². The number of benzene rings is 2. The maximum Gasteiger partial charge on any atom is 0.255 e. The molecule has 2 aromatic rings. The number of nitrogens with zero attached hydrogens (tertiary/aromatic N) is 1. The van der Waals surface area contributed by atoms with Crippen molar-refractivity contribution in [1.82, 2.24) is 0 Å². The highest BCUT2D eigenvalue weighted by Crippen LogP contribution is 2.38. The summed E-state index contributed by atoms with van der Waals surface area (Å²) in [5.74, 6) is -0.377. The number of allylic oxidation sites excluding steroid dienone is 2. The molecule has 1 aliphatic carbocycles. The van der Waals surface area contributed by atoms with Gasteiger partial charge in [-0.05, 0) is 43.2 Å². The van der Waals surface area contributed by atoms with Crippen LogP contribution < -0.4 is 19.7 Å². The predicted molar refractivity (Wildman–Crippen MR) is 112 cm³/mol. The monoisotopic (exact) mass is 406 g/mol. The van der Waals surface area contributed by atoms with Gasteiger partial charge in [0.2, 0.25) is 11.8 Å². The molecule has 0 saturated carbocycles. The highest BCUT2D eigenvalue weighted by atomic mass is 16.5. The molecule has 4 rings (SSSR count). The van der Waals surface area contributed by atoms with Crippen molar-refractivity contribution in [3.8, 4) is 11.5 Å². The Labute approximate surface area is 174 Å². The van der Waals surface area contributed by atoms with Crippen LogP contribution in [0.2, 0.25) is 0 Å². The predicted octanol–water partition coefficient (Wildman–Crippen LogP) is 3.41. The Morgan fingerprint density at radius 1 is 0.967 bits per heavy atom. The van der Waals surface area contributed by atoms with Crippen LogP contribution in [0.1, 0.15) is 23.2 Å². The zero-order valence-electron chi connectivity index (χ0n) is 16.8. The molecule has 7 nitrogen and oxygen atoms in total. The van der Waals surface area contributed by atoms with Crippen molar-refractivity contribution < 1.29 is 23.9 Å². The summed E-state index contributed by atoms with van der Waals surface area (Å²) in [4.78, 5) is 39.7. The number of hydrogen-bond donors (Lipinski definition) is 1. The molecule has 2 aromatic carbocycles. The quantitative estimate of drug-likeness (QED) is 0.608. The first-order valence-corrected chi connectivity index (χ1v) is 9.69. The maximum atomic E-state index is 12.9. The summed E-state index contributed by atoms with van der Waals surface area (Å²) in [7, 11) is 3.05. The highest BCUT2D eigenvalue weighted by Gasteiger charge is 2.47. The number of fused-ring (bicyclic) bond motifs is 1. The second-order valence-electron chi connectivity index (χ2n) is 7.24. The third-order valence-corrected chi connectivity index (χ3v) is 5.53. The van der Waals surface area contributed by atoms with Crippen LogP contribution >= 0.6 is 0 Å². The first-order chi connectivity index (χ1) is 14.5. The summed E-state index contributed by atoms with van der Waals surface area (Å²) >= 11 is 0. The standard InChI is InChI=1S/C23H22N2O5/c1-29-16-10-11-20(30-2)19(13-16)24-21(26)14-6-5-7-15(12-14)25-22(27)17-8-3-4-9-18(17)23(25)28/h3-7,10-13,17-18H,8-9H2,1-2H3,(H,24,26)/t17-,18+. The van der Waals surface area contributed by atoms with Crippen LogP contribution in [-0.4, -0.2) is 31.9 Å². The number of carbonyl (C=O) groups excluding carboxylic acids is 3. The molecule has 1 aliphatic heterocycles. The number of rotatable bonds is 5. The number of carbonyl (C=O) groups is 3. The molecule has 7 heteroatoms. The van der Waals surface area contributed by atoms with Gasteiger partial charge >= 0.3 is 0 Å². The Balaban J connectivity index is 1.59. The summed E-state index contributed by atoms with van der Waals surface area (Å²) < 4.78 is 10.5. The lowest BCUT2D eigenvalue weighted by Crippen LogP contribution is -2.31. The van der Waals surface area contributed by atoms with Crippen molar-refractivity contribution in [3.63, 3.8) is 0 Å². The summed E-state index contributed by atoms with van der Waals surface area (Å²) in [6.45, 7) is 0. The van der Waals surface area contributed by atoms with Crippen molar-refractivity contribution in [1.29, 1.82) is 0 Å². The molecule has 2 atom stereocenters. The Morgan fingerprint density at radius 2 is 1.67 bits per heavy atom. The van der Waals surface area contributed by atoms with Gasteiger partial charge in [0.1, 0.15) is 11.5 Å². The van der Waals surface area contributed by atoms with E-state index < -0.39 is 0 Å². The van der Waals surface area contributed by atoms with E-state index in [2.05, 4.69) is 5.32 Å². The average Bonchev–Trinajstić information content (AvgIpc) is 3.04. The van der Waals surface area contributed by atoms with Crippen LogP contribution in [0.3, 0.4) is 0 Å². The zero-order chi connectivity index (χ0) is 21.3. The molecule has 0 unspecified atom stereocenters. The van der Waals surface area contributed by atoms with Gasteiger partial charge in [-0.2, -0.15) is 0 Å². The second kappa shape index (κ2) is 8.02. The topological polar surface area (TPSA) is 84.9 Å². The summed E-state index contributed by atoms with van der Waals surface area (Å²) in [5, 5.41) is 2.80. The average molecular weight is 406 g/mol. The number of ether oxygens (including phenoxy) is 2. The van der Waals surface area contributed by atoms with Crippen LogP contribution in [0.5, 0.6) is 11.5 Å². The van der Waals surface area contributed by atoms with Crippen LogP contribution in [0, 0.1) is 11.8 Å². The summed E-state index contributed by atoms with van der Waals surface area (Å²) in [6, 6.07) is 11.6. The van der Waals surface area contributed by atoms with E-state index in [-0.39, 0.29) is 29.6 Å². The number of imide groups is 1. The normalized spacial score (nSPS) is 20.1. The maximum absolute atomic E-state index is 12.9. The van der Waals surface area contributed by atoms with Crippen molar-refractivity contribution in [2.45, 2.75) is 12.8 Å². The fourth-order valence-electron chi connectivity index (χ4n) is 3.95. The fourth-order valence-corrected chi connectivity index (χ4v) is 3.95. The first-order valence-electron chi connectivity index (χ1n) is 9.69. The van der Waals surface area contributed by atoms with E-state index in [1.807, 2.05) is 12.2 Å². The van der Waals surface area contributed by atoms with E-state index in [9.17, 15) is 14.4 Å². The summed E-state index contributed by atoms with van der Waals surface area (Å²) in [5.41, 5.74) is 1.19. The number of methoxy groups -OCH3 is 2. The van der Waals surface area contributed by atoms with Gasteiger partial charge in [0.25, 0.3) is 5.91 Å². The number of nitrogens with one attached hydrogen (secondary N) is 1. The molecule has 30 heavy (non-hydrogen) atoms. The molecule has 0 spiro atoms. The van der Waals surface area contributed by atoms with Gasteiger partial charge in [0, 0.05) is 11.6 Å². The molecular formula is C23H22N2O5. The zero-order valence-corrected chi connectivity index (χ0v) is 16.8. The Morgan fingerprint density at radius 3 is 2.30 bits per heavy atom. The smallest absolute Gasteiger partial charge is 0.255 e. The molecule has 0 aromatic heterocycles. The minimum Gasteiger partial charge on any atom is -0.497 e. The lowest BCUT2D eigenvalue weighted by atomic mass is 9.85. The van der Waals surface area contributed by atoms with E-state index in [0.717, 1.165) is 0 Å². The molecule has 1 fully saturated rings. The van der Waals surface area contributed by atoms with E-state index in [0.29, 0.717) is 41.3 Å². The van der Waals surface area contributed by atoms with Gasteiger partial charge in [-0.15, -0.1) is 0 Å². The van der Waals surface area contributed by atoms with Gasteiger partial charge < -0.3 is 14.8 Å². The molecule has 0 radical (unpaired) electrons. The minimum absolute atomic E-state index is 0.207. The SMILES string of the molecule is COc1ccc(OC)c(NC(=O)c2cccc(N3C(=O)[C@H]4CC=CC[C@H]4C3=O)c2)c1. The molecule has 1 heterocycles. The Bertz CT molecular complexity index is 1020. The van der Waals surface area contributed by atoms with Gasteiger partial charge in [-0.3, -0.25) is 19.3 Å². The lowest BCUT2D eigenvalue weighted by Gasteiger charge is -2.16. The molecule has 2 aliphatic rings. The van der Waals surface area contributed by atoms with Crippen molar-refractivity contribution >= 4 is 29.1 Å². The molecule has 154 valence electrons. The molecule has 1 N–H and O–H groups in total. The minimum atomic E-state index is -0.387. The third-order valence-electron chi connectivity index (χ3n) is 5.53. The van der Waals surface area contributed by atoms with Crippen molar-refractivity contribution in [3.05, 3.63) is 60.2 Å². The number of anilines is 2. The Hall–Kier alpha value is -3.61. The molecular weight excluding hydrogens is 384 g/mol. The van der Waals surface area contributed by atoms with Crippen LogP contribution in [0.15, 0.2) is 54.6 Å². The fraction of sp³-hybridized carbons (Fsp3) is 0.261. The largest absolute Gasteiger partial charge is 0.497 e. The molecule has 0 bridgehead atoms. The second-order valence-corrected chi connectivity index (χ2v) is 7.24. The first kappa shape index (κ1) is 19.7. The van der Waals surface area contributed by atoms with E-state index in [4.69, 9.17) is 9.47 Å². The van der Waals surface area contributed by atoms with E-state index in [1.165, 1.54) is 19.1 Å². The van der Waals surface area contributed by atoms with Crippen LogP contribution in [0.25, 0.3) is 0 Å². The highest BCUT2D eigenvalue weighted by molar-refractivity contribution is 6.22. The van der Waals surface area contributed by atoms with Crippen LogP contribution in [-0.2, 0) is 9.59 Å². The third kappa shape index (κ3) is 3.43. The summed E-state index contributed by atoms with van der Waals surface area (Å²) in [6.07, 6.45) is 5.03.